The third-order valence-corrected chi connectivity index (χ3v) is 7.66. The first kappa shape index (κ1) is 22.3. The molecule has 0 aromatic heterocycles. The van der Waals surface area contributed by atoms with E-state index in [-0.39, 0.29) is 10.8 Å². The number of piperazine rings is 1. The number of anilines is 2. The molecule has 0 bridgehead atoms. The summed E-state index contributed by atoms with van der Waals surface area (Å²) >= 11 is 6.08. The monoisotopic (exact) mass is 469 g/mol. The molecule has 0 spiro atoms. The molecule has 0 saturated carbocycles. The molecule has 6 nitrogen and oxygen atoms in total. The van der Waals surface area contributed by atoms with Crippen LogP contribution >= 0.6 is 11.6 Å². The molecule has 4 rings (SSSR count). The SMILES string of the molecule is Cc1cc(S(=O)(=O)N2CCN(c3cccc(Cl)c3)CC2)ccc1NC(=O)c1ccccc1. The molecule has 0 radical (unpaired) electrons. The molecule has 0 atom stereocenters. The molecule has 1 N–H and O–H groups in total. The van der Waals surface area contributed by atoms with E-state index < -0.39 is 10.0 Å². The van der Waals surface area contributed by atoms with E-state index in [9.17, 15) is 13.2 Å². The first-order valence-corrected chi connectivity index (χ1v) is 12.1. The summed E-state index contributed by atoms with van der Waals surface area (Å²) in [6.45, 7) is 3.74. The van der Waals surface area contributed by atoms with Crippen molar-refractivity contribution < 1.29 is 13.2 Å². The average molecular weight is 470 g/mol. The van der Waals surface area contributed by atoms with Crippen molar-refractivity contribution in [3.63, 3.8) is 0 Å². The number of halogens is 1. The van der Waals surface area contributed by atoms with Crippen LogP contribution in [0.2, 0.25) is 5.02 Å². The Labute approximate surface area is 193 Å². The van der Waals surface area contributed by atoms with Crippen LogP contribution in [0.25, 0.3) is 0 Å². The van der Waals surface area contributed by atoms with Crippen molar-refractivity contribution in [3.8, 4) is 0 Å². The van der Waals surface area contributed by atoms with E-state index in [1.807, 2.05) is 30.3 Å². The molecule has 0 unspecified atom stereocenters. The van der Waals surface area contributed by atoms with Gasteiger partial charge in [0.2, 0.25) is 10.0 Å². The van der Waals surface area contributed by atoms with Gasteiger partial charge in [-0.1, -0.05) is 35.9 Å². The average Bonchev–Trinajstić information content (AvgIpc) is 2.81. The van der Waals surface area contributed by atoms with Crippen LogP contribution in [0.15, 0.2) is 77.7 Å². The summed E-state index contributed by atoms with van der Waals surface area (Å²) in [6.07, 6.45) is 0. The molecule has 1 aliphatic heterocycles. The highest BCUT2D eigenvalue weighted by Gasteiger charge is 2.29. The third-order valence-electron chi connectivity index (χ3n) is 5.53. The van der Waals surface area contributed by atoms with Crippen LogP contribution in [0.4, 0.5) is 11.4 Å². The van der Waals surface area contributed by atoms with Crippen LogP contribution in [-0.2, 0) is 10.0 Å². The van der Waals surface area contributed by atoms with Crippen LogP contribution in [0, 0.1) is 6.92 Å². The molecule has 1 heterocycles. The van der Waals surface area contributed by atoms with Gasteiger partial charge < -0.3 is 10.2 Å². The summed E-state index contributed by atoms with van der Waals surface area (Å²) < 4.78 is 27.9. The van der Waals surface area contributed by atoms with Crippen molar-refractivity contribution in [2.45, 2.75) is 11.8 Å². The molecule has 0 aliphatic carbocycles. The minimum Gasteiger partial charge on any atom is -0.369 e. The Kier molecular flexibility index (Phi) is 6.50. The number of carbonyl (C=O) groups excluding carboxylic acids is 1. The van der Waals surface area contributed by atoms with Gasteiger partial charge in [-0.2, -0.15) is 4.31 Å². The molecule has 8 heteroatoms. The normalized spacial score (nSPS) is 14.9. The summed E-state index contributed by atoms with van der Waals surface area (Å²) in [5.41, 5.74) is 2.81. The van der Waals surface area contributed by atoms with Crippen molar-refractivity contribution in [1.29, 1.82) is 0 Å². The van der Waals surface area contributed by atoms with Crippen LogP contribution in [0.5, 0.6) is 0 Å². The topological polar surface area (TPSA) is 69.7 Å². The van der Waals surface area contributed by atoms with Gasteiger partial charge in [-0.25, -0.2) is 8.42 Å². The first-order valence-electron chi connectivity index (χ1n) is 10.3. The Hall–Kier alpha value is -2.87. The number of amides is 1. The van der Waals surface area contributed by atoms with Crippen molar-refractivity contribution in [3.05, 3.63) is 88.9 Å². The predicted molar refractivity (Wildman–Crippen MR) is 128 cm³/mol. The number of sulfonamides is 1. The van der Waals surface area contributed by atoms with Gasteiger partial charge in [-0.05, 0) is 61.0 Å². The Morgan fingerprint density at radius 2 is 1.62 bits per heavy atom. The highest BCUT2D eigenvalue weighted by molar-refractivity contribution is 7.89. The highest BCUT2D eigenvalue weighted by atomic mass is 35.5. The fourth-order valence-electron chi connectivity index (χ4n) is 3.73. The largest absolute Gasteiger partial charge is 0.369 e. The van der Waals surface area contributed by atoms with Crippen molar-refractivity contribution >= 4 is 38.9 Å². The Bertz CT molecular complexity index is 1220. The fourth-order valence-corrected chi connectivity index (χ4v) is 5.42. The molecule has 1 aliphatic rings. The number of carbonyl (C=O) groups is 1. The standard InChI is InChI=1S/C24H24ClN3O3S/c1-18-16-22(10-11-23(18)26-24(29)19-6-3-2-4-7-19)32(30,31)28-14-12-27(13-15-28)21-9-5-8-20(25)17-21/h2-11,16-17H,12-15H2,1H3,(H,26,29). The number of rotatable bonds is 5. The van der Waals surface area contributed by atoms with Gasteiger partial charge in [0.1, 0.15) is 0 Å². The number of aryl methyl sites for hydroxylation is 1. The molecule has 1 amide bonds. The Morgan fingerprint density at radius 3 is 2.28 bits per heavy atom. The number of hydrogen-bond donors (Lipinski definition) is 1. The molecule has 1 fully saturated rings. The summed E-state index contributed by atoms with van der Waals surface area (Å²) in [5, 5.41) is 3.51. The minimum atomic E-state index is -3.63. The van der Waals surface area contributed by atoms with E-state index in [1.165, 1.54) is 4.31 Å². The molecule has 166 valence electrons. The second kappa shape index (κ2) is 9.32. The molecule has 1 saturated heterocycles. The van der Waals surface area contributed by atoms with E-state index >= 15 is 0 Å². The second-order valence-electron chi connectivity index (χ2n) is 7.67. The fraction of sp³-hybridized carbons (Fsp3) is 0.208. The highest BCUT2D eigenvalue weighted by Crippen LogP contribution is 2.26. The number of hydrogen-bond acceptors (Lipinski definition) is 4. The van der Waals surface area contributed by atoms with Crippen LogP contribution < -0.4 is 10.2 Å². The molecule has 3 aromatic rings. The van der Waals surface area contributed by atoms with E-state index in [1.54, 1.807) is 49.4 Å². The summed E-state index contributed by atoms with van der Waals surface area (Å²) in [6, 6.07) is 21.3. The van der Waals surface area contributed by atoms with Gasteiger partial charge in [0.25, 0.3) is 5.91 Å². The molecular formula is C24H24ClN3O3S. The van der Waals surface area contributed by atoms with Crippen molar-refractivity contribution in [1.82, 2.24) is 4.31 Å². The van der Waals surface area contributed by atoms with Crippen molar-refractivity contribution in [2.24, 2.45) is 0 Å². The molecule has 3 aromatic carbocycles. The van der Waals surface area contributed by atoms with Gasteiger partial charge in [0.15, 0.2) is 0 Å². The maximum Gasteiger partial charge on any atom is 0.255 e. The second-order valence-corrected chi connectivity index (χ2v) is 10.0. The van der Waals surface area contributed by atoms with Gasteiger partial charge >= 0.3 is 0 Å². The summed E-state index contributed by atoms with van der Waals surface area (Å²) in [4.78, 5) is 14.8. The molecular weight excluding hydrogens is 446 g/mol. The predicted octanol–water partition coefficient (Wildman–Crippen LogP) is 4.41. The van der Waals surface area contributed by atoms with Gasteiger partial charge in [-0.15, -0.1) is 0 Å². The zero-order valence-electron chi connectivity index (χ0n) is 17.7. The van der Waals surface area contributed by atoms with Gasteiger partial charge in [-0.3, -0.25) is 4.79 Å². The van der Waals surface area contributed by atoms with Crippen LogP contribution in [-0.4, -0.2) is 44.8 Å². The lowest BCUT2D eigenvalue weighted by molar-refractivity contribution is 0.102. The van der Waals surface area contributed by atoms with E-state index in [2.05, 4.69) is 10.2 Å². The zero-order valence-corrected chi connectivity index (χ0v) is 19.2. The first-order chi connectivity index (χ1) is 15.3. The molecule has 32 heavy (non-hydrogen) atoms. The summed E-state index contributed by atoms with van der Waals surface area (Å²) in [5.74, 6) is -0.235. The lowest BCUT2D eigenvalue weighted by atomic mass is 10.1. The Balaban J connectivity index is 1.45. The minimum absolute atomic E-state index is 0.226. The number of nitrogens with zero attached hydrogens (tertiary/aromatic N) is 2. The van der Waals surface area contributed by atoms with Gasteiger partial charge in [0, 0.05) is 48.1 Å². The van der Waals surface area contributed by atoms with E-state index in [0.717, 1.165) is 5.69 Å². The van der Waals surface area contributed by atoms with E-state index in [0.29, 0.717) is 48.0 Å². The lowest BCUT2D eigenvalue weighted by Crippen LogP contribution is -2.48. The van der Waals surface area contributed by atoms with Crippen molar-refractivity contribution in [2.75, 3.05) is 36.4 Å². The summed E-state index contributed by atoms with van der Waals surface area (Å²) in [7, 11) is -3.63. The third kappa shape index (κ3) is 4.80. The van der Waals surface area contributed by atoms with E-state index in [4.69, 9.17) is 11.6 Å². The smallest absolute Gasteiger partial charge is 0.255 e. The number of nitrogens with one attached hydrogen (secondary N) is 1. The quantitative estimate of drug-likeness (QED) is 0.600. The lowest BCUT2D eigenvalue weighted by Gasteiger charge is -2.35. The zero-order chi connectivity index (χ0) is 22.7. The maximum absolute atomic E-state index is 13.2. The maximum atomic E-state index is 13.2. The van der Waals surface area contributed by atoms with Crippen LogP contribution in [0.1, 0.15) is 15.9 Å². The number of benzene rings is 3. The Morgan fingerprint density at radius 1 is 0.906 bits per heavy atom. The van der Waals surface area contributed by atoms with Crippen LogP contribution in [0.3, 0.4) is 0 Å². The van der Waals surface area contributed by atoms with Gasteiger partial charge in [0.05, 0.1) is 4.90 Å².